The van der Waals surface area contributed by atoms with Gasteiger partial charge in [0.15, 0.2) is 11.6 Å². The van der Waals surface area contributed by atoms with Gasteiger partial charge in [0.1, 0.15) is 5.78 Å². The van der Waals surface area contributed by atoms with Gasteiger partial charge in [-0.3, -0.25) is 0 Å². The summed E-state index contributed by atoms with van der Waals surface area (Å²) in [4.78, 5) is 10.8. The summed E-state index contributed by atoms with van der Waals surface area (Å²) in [6.07, 6.45) is 4.95. The zero-order valence-corrected chi connectivity index (χ0v) is 14.8. The van der Waals surface area contributed by atoms with Gasteiger partial charge in [-0.05, 0) is 56.7 Å². The molecular formula is C19H31FO2. The second kappa shape index (κ2) is 12.2. The minimum atomic E-state index is -0.226. The number of hydrogen-bond donors (Lipinski definition) is 0. The van der Waals surface area contributed by atoms with Gasteiger partial charge in [0.25, 0.3) is 0 Å². The van der Waals surface area contributed by atoms with Gasteiger partial charge < -0.3 is 9.53 Å². The Labute approximate surface area is 135 Å². The first-order chi connectivity index (χ1) is 10.5. The topological polar surface area (TPSA) is 26.3 Å². The van der Waals surface area contributed by atoms with Crippen LogP contribution >= 0.6 is 0 Å². The molecule has 0 N–H and O–H groups in total. The van der Waals surface area contributed by atoms with Crippen molar-refractivity contribution < 1.29 is 13.9 Å². The van der Waals surface area contributed by atoms with Gasteiger partial charge in [0, 0.05) is 6.42 Å². The molecule has 0 aliphatic rings. The monoisotopic (exact) mass is 310 g/mol. The smallest absolute Gasteiger partial charge is 0.168 e. The van der Waals surface area contributed by atoms with Gasteiger partial charge in [0.05, 0.1) is 6.61 Å². The molecule has 0 radical (unpaired) electrons. The van der Waals surface area contributed by atoms with E-state index in [0.717, 1.165) is 36.8 Å². The fourth-order valence-corrected chi connectivity index (χ4v) is 2.17. The molecule has 0 bridgehead atoms. The van der Waals surface area contributed by atoms with Crippen LogP contribution in [0.3, 0.4) is 0 Å². The quantitative estimate of drug-likeness (QED) is 0.552. The Balaban J connectivity index is 0.00000211. The molecule has 0 heterocycles. The van der Waals surface area contributed by atoms with Crippen molar-refractivity contribution >= 4 is 5.78 Å². The number of unbranched alkanes of at least 4 members (excludes halogenated alkanes) is 2. The summed E-state index contributed by atoms with van der Waals surface area (Å²) in [5.74, 6) is 0.364. The Kier molecular flexibility index (Phi) is 11.4. The molecule has 2 nitrogen and oxygen atoms in total. The molecule has 0 spiro atoms. The second-order valence-corrected chi connectivity index (χ2v) is 5.35. The van der Waals surface area contributed by atoms with Crippen LogP contribution in [0.5, 0.6) is 5.75 Å². The normalized spacial score (nSPS) is 9.91. The third-order valence-corrected chi connectivity index (χ3v) is 3.20. The molecule has 0 aliphatic heterocycles. The summed E-state index contributed by atoms with van der Waals surface area (Å²) in [5, 5.41) is 0. The van der Waals surface area contributed by atoms with E-state index in [0.29, 0.717) is 25.2 Å². The molecule has 1 rings (SSSR count). The molecule has 0 atom stereocenters. The van der Waals surface area contributed by atoms with Gasteiger partial charge >= 0.3 is 0 Å². The van der Waals surface area contributed by atoms with Crippen LogP contribution in [0.15, 0.2) is 12.1 Å². The molecule has 1 aromatic rings. The van der Waals surface area contributed by atoms with Gasteiger partial charge in [-0.25, -0.2) is 4.39 Å². The van der Waals surface area contributed by atoms with Crippen molar-refractivity contribution in [1.29, 1.82) is 0 Å². The van der Waals surface area contributed by atoms with E-state index >= 15 is 0 Å². The number of carbonyl (C=O) groups excluding carboxylic acids is 1. The highest BCUT2D eigenvalue weighted by molar-refractivity contribution is 5.75. The highest BCUT2D eigenvalue weighted by Gasteiger charge is 2.10. The first kappa shape index (κ1) is 20.6. The molecule has 0 aliphatic carbocycles. The molecule has 0 saturated heterocycles. The Morgan fingerprint density at radius 2 is 1.86 bits per heavy atom. The number of rotatable bonds is 9. The SMILES string of the molecule is CC.CCCOc1cc(C)cc(CCCCCC(C)=O)c1F. The largest absolute Gasteiger partial charge is 0.491 e. The third-order valence-electron chi connectivity index (χ3n) is 3.20. The fourth-order valence-electron chi connectivity index (χ4n) is 2.17. The van der Waals surface area contributed by atoms with E-state index in [4.69, 9.17) is 4.74 Å². The summed E-state index contributed by atoms with van der Waals surface area (Å²) < 4.78 is 19.7. The van der Waals surface area contributed by atoms with Crippen LogP contribution in [0.1, 0.15) is 70.9 Å². The highest BCUT2D eigenvalue weighted by Crippen LogP contribution is 2.24. The Morgan fingerprint density at radius 3 is 2.45 bits per heavy atom. The minimum absolute atomic E-state index is 0.224. The standard InChI is InChI=1S/C17H25FO2.C2H6/c1-4-10-20-16-12-13(2)11-15(17(16)18)9-7-5-6-8-14(3)19;1-2/h11-12H,4-10H2,1-3H3;1-2H3. The van der Waals surface area contributed by atoms with E-state index in [2.05, 4.69) is 0 Å². The van der Waals surface area contributed by atoms with Gasteiger partial charge in [-0.2, -0.15) is 0 Å². The number of ketones is 1. The third kappa shape index (κ3) is 8.16. The van der Waals surface area contributed by atoms with Crippen LogP contribution < -0.4 is 4.74 Å². The number of halogens is 1. The molecule has 0 unspecified atom stereocenters. The number of ether oxygens (including phenoxy) is 1. The molecule has 0 amide bonds. The molecular weight excluding hydrogens is 279 g/mol. The lowest BCUT2D eigenvalue weighted by molar-refractivity contribution is -0.117. The van der Waals surface area contributed by atoms with E-state index in [9.17, 15) is 9.18 Å². The van der Waals surface area contributed by atoms with Crippen molar-refractivity contribution in [1.82, 2.24) is 0 Å². The second-order valence-electron chi connectivity index (χ2n) is 5.35. The van der Waals surface area contributed by atoms with Crippen LogP contribution in [0.25, 0.3) is 0 Å². The predicted molar refractivity (Wildman–Crippen MR) is 91.1 cm³/mol. The maximum Gasteiger partial charge on any atom is 0.168 e. The Morgan fingerprint density at radius 1 is 1.18 bits per heavy atom. The van der Waals surface area contributed by atoms with Crippen LogP contribution in [-0.2, 0) is 11.2 Å². The van der Waals surface area contributed by atoms with E-state index in [1.54, 1.807) is 13.0 Å². The van der Waals surface area contributed by atoms with Crippen LogP contribution in [0.4, 0.5) is 4.39 Å². The summed E-state index contributed by atoms with van der Waals surface area (Å²) in [6, 6.07) is 3.64. The maximum atomic E-state index is 14.2. The van der Waals surface area contributed by atoms with E-state index in [1.165, 1.54) is 0 Å². The Bertz CT molecular complexity index is 441. The number of benzene rings is 1. The molecule has 0 fully saturated rings. The molecule has 126 valence electrons. The first-order valence-electron chi connectivity index (χ1n) is 8.45. The molecule has 0 aromatic heterocycles. The van der Waals surface area contributed by atoms with Crippen molar-refractivity contribution in [2.24, 2.45) is 0 Å². The van der Waals surface area contributed by atoms with E-state index in [-0.39, 0.29) is 11.6 Å². The van der Waals surface area contributed by atoms with Crippen molar-refractivity contribution in [2.45, 2.75) is 73.1 Å². The van der Waals surface area contributed by atoms with Crippen molar-refractivity contribution in [3.05, 3.63) is 29.1 Å². The first-order valence-corrected chi connectivity index (χ1v) is 8.45. The lowest BCUT2D eigenvalue weighted by Gasteiger charge is -2.11. The number of hydrogen-bond acceptors (Lipinski definition) is 2. The van der Waals surface area contributed by atoms with E-state index in [1.807, 2.05) is 33.8 Å². The summed E-state index contributed by atoms with van der Waals surface area (Å²) in [5.41, 5.74) is 1.75. The van der Waals surface area contributed by atoms with Gasteiger partial charge in [0.2, 0.25) is 0 Å². The number of carbonyl (C=O) groups is 1. The lowest BCUT2D eigenvalue weighted by atomic mass is 10.0. The van der Waals surface area contributed by atoms with Crippen molar-refractivity contribution in [3.8, 4) is 5.75 Å². The van der Waals surface area contributed by atoms with Crippen molar-refractivity contribution in [3.63, 3.8) is 0 Å². The molecule has 3 heteroatoms. The van der Waals surface area contributed by atoms with Crippen LogP contribution in [-0.4, -0.2) is 12.4 Å². The highest BCUT2D eigenvalue weighted by atomic mass is 19.1. The lowest BCUT2D eigenvalue weighted by Crippen LogP contribution is -2.01. The zero-order valence-electron chi connectivity index (χ0n) is 14.8. The van der Waals surface area contributed by atoms with Gasteiger partial charge in [-0.15, -0.1) is 0 Å². The Hall–Kier alpha value is -1.38. The summed E-state index contributed by atoms with van der Waals surface area (Å²) >= 11 is 0. The number of aryl methyl sites for hydroxylation is 2. The predicted octanol–water partition coefficient (Wildman–Crippen LogP) is 5.64. The molecule has 22 heavy (non-hydrogen) atoms. The summed E-state index contributed by atoms with van der Waals surface area (Å²) in [7, 11) is 0. The number of Topliss-reactive ketones (excluding diaryl/α,β-unsaturated/α-hetero) is 1. The average molecular weight is 310 g/mol. The molecule has 0 saturated carbocycles. The van der Waals surface area contributed by atoms with Gasteiger partial charge in [-0.1, -0.05) is 33.3 Å². The minimum Gasteiger partial charge on any atom is -0.491 e. The molecule has 1 aromatic carbocycles. The van der Waals surface area contributed by atoms with E-state index < -0.39 is 0 Å². The zero-order chi connectivity index (χ0) is 17.0. The van der Waals surface area contributed by atoms with Crippen molar-refractivity contribution in [2.75, 3.05) is 6.61 Å². The maximum absolute atomic E-state index is 14.2. The average Bonchev–Trinajstić information content (AvgIpc) is 2.50. The fraction of sp³-hybridized carbons (Fsp3) is 0.632. The van der Waals surface area contributed by atoms with Crippen LogP contribution in [0.2, 0.25) is 0 Å². The summed E-state index contributed by atoms with van der Waals surface area (Å²) in [6.45, 7) is 10.1. The van der Waals surface area contributed by atoms with Crippen LogP contribution in [0, 0.1) is 12.7 Å².